The number of carboxylic acid groups (broad SMARTS) is 1. The van der Waals surface area contributed by atoms with E-state index in [2.05, 4.69) is 10.3 Å². The summed E-state index contributed by atoms with van der Waals surface area (Å²) in [5.74, 6) is -1.37. The molecule has 3 aromatic heterocycles. The van der Waals surface area contributed by atoms with Gasteiger partial charge in [-0.1, -0.05) is 6.07 Å². The summed E-state index contributed by atoms with van der Waals surface area (Å²) in [6.45, 7) is 1.93. The van der Waals surface area contributed by atoms with E-state index in [4.69, 9.17) is 5.11 Å². The number of amides is 1. The number of imidazole rings is 1. The van der Waals surface area contributed by atoms with Crippen LogP contribution in [0.1, 0.15) is 25.9 Å². The van der Waals surface area contributed by atoms with Crippen molar-refractivity contribution in [2.24, 2.45) is 0 Å². The summed E-state index contributed by atoms with van der Waals surface area (Å²) >= 11 is 1.01. The number of carbonyl (C=O) groups excluding carboxylic acids is 1. The van der Waals surface area contributed by atoms with E-state index in [-0.39, 0.29) is 16.5 Å². The lowest BCUT2D eigenvalue weighted by atomic mass is 10.4. The molecule has 7 heteroatoms. The van der Waals surface area contributed by atoms with Crippen molar-refractivity contribution < 1.29 is 14.7 Å². The number of pyridine rings is 1. The molecule has 6 nitrogen and oxygen atoms in total. The zero-order valence-corrected chi connectivity index (χ0v) is 11.8. The van der Waals surface area contributed by atoms with E-state index in [1.54, 1.807) is 12.3 Å². The van der Waals surface area contributed by atoms with Crippen LogP contribution < -0.4 is 5.32 Å². The van der Waals surface area contributed by atoms with E-state index in [9.17, 15) is 9.59 Å². The Morgan fingerprint density at radius 2 is 2.10 bits per heavy atom. The van der Waals surface area contributed by atoms with Crippen LogP contribution in [0.2, 0.25) is 0 Å². The zero-order chi connectivity index (χ0) is 15.0. The minimum absolute atomic E-state index is 0.177. The number of hydrogen-bond acceptors (Lipinski definition) is 4. The molecule has 0 fully saturated rings. The molecule has 0 aromatic carbocycles. The van der Waals surface area contributed by atoms with Crippen LogP contribution >= 0.6 is 11.3 Å². The molecule has 0 saturated carbocycles. The highest BCUT2D eigenvalue weighted by Gasteiger charge is 2.14. The maximum absolute atomic E-state index is 12.1. The maximum atomic E-state index is 12.1. The van der Waals surface area contributed by atoms with Crippen LogP contribution in [-0.4, -0.2) is 26.4 Å². The van der Waals surface area contributed by atoms with Gasteiger partial charge in [-0.3, -0.25) is 4.79 Å². The second kappa shape index (κ2) is 5.02. The van der Waals surface area contributed by atoms with Crippen LogP contribution in [-0.2, 0) is 0 Å². The molecule has 3 heterocycles. The van der Waals surface area contributed by atoms with Crippen molar-refractivity contribution in [1.29, 1.82) is 0 Å². The average molecular weight is 301 g/mol. The number of hydrogen-bond donors (Lipinski definition) is 2. The number of nitrogens with one attached hydrogen (secondary N) is 1. The van der Waals surface area contributed by atoms with Gasteiger partial charge in [-0.25, -0.2) is 9.78 Å². The van der Waals surface area contributed by atoms with Crippen molar-refractivity contribution in [2.75, 3.05) is 5.32 Å². The monoisotopic (exact) mass is 301 g/mol. The highest BCUT2D eigenvalue weighted by molar-refractivity contribution is 7.18. The molecule has 3 aromatic rings. The first-order chi connectivity index (χ1) is 10.0. The number of nitrogens with zero attached hydrogens (tertiary/aromatic N) is 2. The van der Waals surface area contributed by atoms with Gasteiger partial charge in [0.2, 0.25) is 0 Å². The minimum Gasteiger partial charge on any atom is -0.477 e. The van der Waals surface area contributed by atoms with E-state index in [1.807, 2.05) is 29.5 Å². The lowest BCUT2D eigenvalue weighted by molar-refractivity contribution is 0.0702. The number of fused-ring (bicyclic) bond motifs is 1. The van der Waals surface area contributed by atoms with Gasteiger partial charge in [-0.2, -0.15) is 0 Å². The van der Waals surface area contributed by atoms with Crippen LogP contribution in [0.15, 0.2) is 36.5 Å². The number of anilines is 1. The molecule has 21 heavy (non-hydrogen) atoms. The predicted octanol–water partition coefficient (Wildman–Crippen LogP) is 2.65. The molecule has 0 bridgehead atoms. The SMILES string of the molecule is Cc1cccc2nc(C(=O)Nc3ccc(C(=O)O)s3)cn12. The number of aromatic carboxylic acids is 1. The first kappa shape index (κ1) is 13.3. The molecule has 0 radical (unpaired) electrons. The molecule has 0 aliphatic rings. The van der Waals surface area contributed by atoms with Gasteiger partial charge in [-0.15, -0.1) is 11.3 Å². The fraction of sp³-hybridized carbons (Fsp3) is 0.0714. The minimum atomic E-state index is -1.01. The van der Waals surface area contributed by atoms with Gasteiger partial charge in [0, 0.05) is 11.9 Å². The molecule has 0 aliphatic carbocycles. The molecule has 0 saturated heterocycles. The van der Waals surface area contributed by atoms with Crippen LogP contribution in [0.5, 0.6) is 0 Å². The Balaban J connectivity index is 1.86. The number of thiophene rings is 1. The number of carboxylic acids is 1. The van der Waals surface area contributed by atoms with Crippen LogP contribution in [0.25, 0.3) is 5.65 Å². The van der Waals surface area contributed by atoms with Gasteiger partial charge < -0.3 is 14.8 Å². The number of carbonyl (C=O) groups is 2. The van der Waals surface area contributed by atoms with Gasteiger partial charge in [0.25, 0.3) is 5.91 Å². The van der Waals surface area contributed by atoms with Crippen molar-refractivity contribution in [3.63, 3.8) is 0 Å². The third-order valence-electron chi connectivity index (χ3n) is 2.98. The summed E-state index contributed by atoms with van der Waals surface area (Å²) in [4.78, 5) is 27.4. The molecule has 3 rings (SSSR count). The second-order valence-corrected chi connectivity index (χ2v) is 5.53. The smallest absolute Gasteiger partial charge is 0.345 e. The van der Waals surface area contributed by atoms with Crippen LogP contribution in [0.3, 0.4) is 0 Å². The Labute approximate surface area is 123 Å². The Bertz CT molecular complexity index is 850. The van der Waals surface area contributed by atoms with E-state index in [0.717, 1.165) is 17.0 Å². The van der Waals surface area contributed by atoms with Gasteiger partial charge in [-0.05, 0) is 31.2 Å². The highest BCUT2D eigenvalue weighted by Crippen LogP contribution is 2.22. The number of rotatable bonds is 3. The van der Waals surface area contributed by atoms with E-state index >= 15 is 0 Å². The van der Waals surface area contributed by atoms with E-state index in [1.165, 1.54) is 6.07 Å². The molecule has 0 aliphatic heterocycles. The summed E-state index contributed by atoms with van der Waals surface area (Å²) in [6, 6.07) is 8.63. The molecular weight excluding hydrogens is 290 g/mol. The quantitative estimate of drug-likeness (QED) is 0.779. The zero-order valence-electron chi connectivity index (χ0n) is 11.0. The third-order valence-corrected chi connectivity index (χ3v) is 3.97. The molecule has 106 valence electrons. The average Bonchev–Trinajstić information content (AvgIpc) is 3.05. The number of aromatic nitrogens is 2. The first-order valence-corrected chi connectivity index (χ1v) is 6.95. The molecular formula is C14H11N3O3S. The number of aryl methyl sites for hydroxylation is 1. The van der Waals surface area contributed by atoms with Crippen molar-refractivity contribution in [1.82, 2.24) is 9.38 Å². The summed E-state index contributed by atoms with van der Waals surface area (Å²) in [5.41, 5.74) is 1.95. The van der Waals surface area contributed by atoms with Crippen molar-refractivity contribution >= 4 is 33.9 Å². The van der Waals surface area contributed by atoms with Crippen molar-refractivity contribution in [3.8, 4) is 0 Å². The highest BCUT2D eigenvalue weighted by atomic mass is 32.1. The second-order valence-electron chi connectivity index (χ2n) is 4.44. The summed E-state index contributed by atoms with van der Waals surface area (Å²) < 4.78 is 1.83. The van der Waals surface area contributed by atoms with E-state index < -0.39 is 5.97 Å². The first-order valence-electron chi connectivity index (χ1n) is 6.14. The topological polar surface area (TPSA) is 83.7 Å². The molecule has 0 spiro atoms. The van der Waals surface area contributed by atoms with Gasteiger partial charge in [0.05, 0.1) is 5.00 Å². The predicted molar refractivity (Wildman–Crippen MR) is 79.2 cm³/mol. The molecule has 0 atom stereocenters. The molecule has 0 unspecified atom stereocenters. The van der Waals surface area contributed by atoms with Crippen LogP contribution in [0.4, 0.5) is 5.00 Å². The Morgan fingerprint density at radius 1 is 1.29 bits per heavy atom. The fourth-order valence-electron chi connectivity index (χ4n) is 1.95. The lowest BCUT2D eigenvalue weighted by Crippen LogP contribution is -2.11. The Morgan fingerprint density at radius 3 is 2.76 bits per heavy atom. The van der Waals surface area contributed by atoms with Crippen LogP contribution in [0, 0.1) is 6.92 Å². The fourth-order valence-corrected chi connectivity index (χ4v) is 2.69. The summed E-state index contributed by atoms with van der Waals surface area (Å²) in [7, 11) is 0. The molecule has 2 N–H and O–H groups in total. The van der Waals surface area contributed by atoms with Crippen molar-refractivity contribution in [3.05, 3.63) is 52.8 Å². The van der Waals surface area contributed by atoms with Gasteiger partial charge in [0.15, 0.2) is 0 Å². The van der Waals surface area contributed by atoms with E-state index in [0.29, 0.717) is 10.6 Å². The largest absolute Gasteiger partial charge is 0.477 e. The normalized spacial score (nSPS) is 10.7. The molecule has 1 amide bonds. The van der Waals surface area contributed by atoms with Gasteiger partial charge in [0.1, 0.15) is 16.2 Å². The standard InChI is InChI=1S/C14H11N3O3S/c1-8-3-2-4-11-15-9(7-17(8)11)13(18)16-12-6-5-10(21-12)14(19)20/h2-7H,1H3,(H,16,18)(H,19,20). The maximum Gasteiger partial charge on any atom is 0.345 e. The summed E-state index contributed by atoms with van der Waals surface area (Å²) in [5, 5.41) is 12.0. The van der Waals surface area contributed by atoms with Gasteiger partial charge >= 0.3 is 5.97 Å². The van der Waals surface area contributed by atoms with Crippen molar-refractivity contribution in [2.45, 2.75) is 6.92 Å². The third kappa shape index (κ3) is 2.50. The Hall–Kier alpha value is -2.67. The Kier molecular flexibility index (Phi) is 3.19. The summed E-state index contributed by atoms with van der Waals surface area (Å²) in [6.07, 6.45) is 1.66. The lowest BCUT2D eigenvalue weighted by Gasteiger charge is -1.98.